The Morgan fingerprint density at radius 1 is 1.43 bits per heavy atom. The van der Waals surface area contributed by atoms with E-state index in [1.165, 1.54) is 18.5 Å². The SMILES string of the molecule is Cc1cc(C#N)ccc1S(=O)(=O)NCCCc1ncn[nH]1. The summed E-state index contributed by atoms with van der Waals surface area (Å²) in [6, 6.07) is 6.49. The first-order chi connectivity index (χ1) is 10.0. The standard InChI is InChI=1S/C13H15N5O2S/c1-10-7-11(8-14)4-5-12(10)21(19,20)17-6-2-3-13-15-9-16-18-13/h4-5,7,9,17H,2-3,6H2,1H3,(H,15,16,18). The van der Waals surface area contributed by atoms with E-state index in [0.717, 1.165) is 5.82 Å². The highest BCUT2D eigenvalue weighted by molar-refractivity contribution is 7.89. The van der Waals surface area contributed by atoms with E-state index in [9.17, 15) is 8.42 Å². The van der Waals surface area contributed by atoms with Gasteiger partial charge in [0, 0.05) is 13.0 Å². The van der Waals surface area contributed by atoms with E-state index in [1.807, 2.05) is 6.07 Å². The molecule has 0 saturated heterocycles. The summed E-state index contributed by atoms with van der Waals surface area (Å²) in [5.74, 6) is 0.726. The van der Waals surface area contributed by atoms with Gasteiger partial charge in [-0.05, 0) is 37.1 Å². The lowest BCUT2D eigenvalue weighted by Crippen LogP contribution is -2.26. The Kier molecular flexibility index (Phi) is 4.67. The van der Waals surface area contributed by atoms with Crippen LogP contribution in [0.4, 0.5) is 0 Å². The third-order valence-corrected chi connectivity index (χ3v) is 4.56. The molecule has 0 bridgehead atoms. The van der Waals surface area contributed by atoms with Gasteiger partial charge in [0.25, 0.3) is 0 Å². The Balaban J connectivity index is 1.97. The molecule has 2 N–H and O–H groups in total. The van der Waals surface area contributed by atoms with Crippen LogP contribution in [0.3, 0.4) is 0 Å². The Hall–Kier alpha value is -2.24. The average molecular weight is 305 g/mol. The van der Waals surface area contributed by atoms with Crippen LogP contribution in [0.2, 0.25) is 0 Å². The van der Waals surface area contributed by atoms with Gasteiger partial charge in [-0.2, -0.15) is 10.4 Å². The molecule has 21 heavy (non-hydrogen) atoms. The second-order valence-electron chi connectivity index (χ2n) is 4.53. The Labute approximate surface area is 123 Å². The second-order valence-corrected chi connectivity index (χ2v) is 6.26. The number of H-pyrrole nitrogens is 1. The van der Waals surface area contributed by atoms with Crippen LogP contribution in [0, 0.1) is 18.3 Å². The fraction of sp³-hybridized carbons (Fsp3) is 0.308. The minimum atomic E-state index is -3.56. The fourth-order valence-electron chi connectivity index (χ4n) is 1.91. The summed E-state index contributed by atoms with van der Waals surface area (Å²) in [6.45, 7) is 1.98. The van der Waals surface area contributed by atoms with Crippen molar-refractivity contribution in [1.29, 1.82) is 5.26 Å². The van der Waals surface area contributed by atoms with Crippen LogP contribution in [0.15, 0.2) is 29.4 Å². The maximum atomic E-state index is 12.2. The van der Waals surface area contributed by atoms with Gasteiger partial charge in [0.15, 0.2) is 0 Å². The lowest BCUT2D eigenvalue weighted by atomic mass is 10.2. The number of hydrogen-bond acceptors (Lipinski definition) is 5. The molecule has 0 unspecified atom stereocenters. The van der Waals surface area contributed by atoms with Crippen molar-refractivity contribution in [2.45, 2.75) is 24.7 Å². The predicted octanol–water partition coefficient (Wildman–Crippen LogP) is 0.896. The largest absolute Gasteiger partial charge is 0.263 e. The molecule has 1 heterocycles. The lowest BCUT2D eigenvalue weighted by molar-refractivity contribution is 0.577. The maximum Gasteiger partial charge on any atom is 0.240 e. The van der Waals surface area contributed by atoms with Gasteiger partial charge in [0.1, 0.15) is 12.2 Å². The highest BCUT2D eigenvalue weighted by Gasteiger charge is 2.16. The summed E-state index contributed by atoms with van der Waals surface area (Å²) in [5, 5.41) is 15.2. The number of rotatable bonds is 6. The monoisotopic (exact) mass is 305 g/mol. The van der Waals surface area contributed by atoms with Gasteiger partial charge in [-0.3, -0.25) is 5.10 Å². The number of nitrogens with one attached hydrogen (secondary N) is 2. The summed E-state index contributed by atoms with van der Waals surface area (Å²) in [6.07, 6.45) is 2.65. The van der Waals surface area contributed by atoms with Crippen molar-refractivity contribution in [1.82, 2.24) is 19.9 Å². The highest BCUT2D eigenvalue weighted by atomic mass is 32.2. The van der Waals surface area contributed by atoms with E-state index in [0.29, 0.717) is 30.5 Å². The molecule has 2 aromatic rings. The van der Waals surface area contributed by atoms with E-state index in [4.69, 9.17) is 5.26 Å². The van der Waals surface area contributed by atoms with Crippen LogP contribution < -0.4 is 4.72 Å². The summed E-state index contributed by atoms with van der Waals surface area (Å²) >= 11 is 0. The summed E-state index contributed by atoms with van der Waals surface area (Å²) in [7, 11) is -3.56. The highest BCUT2D eigenvalue weighted by Crippen LogP contribution is 2.16. The van der Waals surface area contributed by atoms with Crippen molar-refractivity contribution >= 4 is 10.0 Å². The Morgan fingerprint density at radius 3 is 2.86 bits per heavy atom. The zero-order valence-corrected chi connectivity index (χ0v) is 12.3. The van der Waals surface area contributed by atoms with Crippen molar-refractivity contribution in [3.63, 3.8) is 0 Å². The number of nitrogens with zero attached hydrogens (tertiary/aromatic N) is 3. The third kappa shape index (κ3) is 3.87. The van der Waals surface area contributed by atoms with Gasteiger partial charge in [-0.1, -0.05) is 0 Å². The zero-order chi connectivity index (χ0) is 15.3. The maximum absolute atomic E-state index is 12.2. The summed E-state index contributed by atoms with van der Waals surface area (Å²) < 4.78 is 26.9. The minimum absolute atomic E-state index is 0.196. The predicted molar refractivity (Wildman–Crippen MR) is 75.8 cm³/mol. The van der Waals surface area contributed by atoms with Crippen molar-refractivity contribution < 1.29 is 8.42 Å². The molecule has 8 heteroatoms. The summed E-state index contributed by atoms with van der Waals surface area (Å²) in [4.78, 5) is 4.16. The molecule has 0 aliphatic heterocycles. The van der Waals surface area contributed by atoms with Crippen molar-refractivity contribution in [3.05, 3.63) is 41.5 Å². The van der Waals surface area contributed by atoms with Gasteiger partial charge in [0.05, 0.1) is 16.5 Å². The lowest BCUT2D eigenvalue weighted by Gasteiger charge is -2.09. The Morgan fingerprint density at radius 2 is 2.24 bits per heavy atom. The molecular weight excluding hydrogens is 290 g/mol. The quantitative estimate of drug-likeness (QED) is 0.770. The van der Waals surface area contributed by atoms with E-state index < -0.39 is 10.0 Å². The molecular formula is C13H15N5O2S. The number of sulfonamides is 1. The number of aromatic amines is 1. The molecule has 0 atom stereocenters. The molecule has 0 amide bonds. The zero-order valence-electron chi connectivity index (χ0n) is 11.5. The molecule has 7 nitrogen and oxygen atoms in total. The molecule has 0 spiro atoms. The Bertz CT molecular complexity index is 747. The minimum Gasteiger partial charge on any atom is -0.263 e. The number of aromatic nitrogens is 3. The van der Waals surface area contributed by atoms with Gasteiger partial charge >= 0.3 is 0 Å². The molecule has 110 valence electrons. The molecule has 0 radical (unpaired) electrons. The molecule has 0 saturated carbocycles. The van der Waals surface area contributed by atoms with Gasteiger partial charge < -0.3 is 0 Å². The van der Waals surface area contributed by atoms with Crippen molar-refractivity contribution in [3.8, 4) is 6.07 Å². The third-order valence-electron chi connectivity index (χ3n) is 2.94. The molecule has 0 aliphatic rings. The topological polar surface area (TPSA) is 112 Å². The molecule has 2 rings (SSSR count). The first kappa shape index (κ1) is 15.2. The van der Waals surface area contributed by atoms with Crippen LogP contribution in [-0.4, -0.2) is 30.1 Å². The molecule has 1 aromatic carbocycles. The second kappa shape index (κ2) is 6.47. The van der Waals surface area contributed by atoms with Crippen molar-refractivity contribution in [2.75, 3.05) is 6.54 Å². The van der Waals surface area contributed by atoms with Crippen LogP contribution in [0.1, 0.15) is 23.4 Å². The number of benzene rings is 1. The van der Waals surface area contributed by atoms with Crippen molar-refractivity contribution in [2.24, 2.45) is 0 Å². The van der Waals surface area contributed by atoms with E-state index >= 15 is 0 Å². The molecule has 0 fully saturated rings. The van der Waals surface area contributed by atoms with E-state index in [2.05, 4.69) is 19.9 Å². The van der Waals surface area contributed by atoms with Crippen LogP contribution >= 0.6 is 0 Å². The molecule has 0 aliphatic carbocycles. The number of nitriles is 1. The van der Waals surface area contributed by atoms with Gasteiger partial charge in [-0.25, -0.2) is 18.1 Å². The fourth-order valence-corrected chi connectivity index (χ4v) is 3.21. The number of hydrogen-bond donors (Lipinski definition) is 2. The average Bonchev–Trinajstić information content (AvgIpc) is 2.96. The van der Waals surface area contributed by atoms with E-state index in [1.54, 1.807) is 13.0 Å². The first-order valence-electron chi connectivity index (χ1n) is 6.37. The normalized spacial score (nSPS) is 11.2. The van der Waals surface area contributed by atoms with E-state index in [-0.39, 0.29) is 4.90 Å². The van der Waals surface area contributed by atoms with Gasteiger partial charge in [0.2, 0.25) is 10.0 Å². The first-order valence-corrected chi connectivity index (χ1v) is 7.86. The summed E-state index contributed by atoms with van der Waals surface area (Å²) in [5.41, 5.74) is 0.994. The van der Waals surface area contributed by atoms with Crippen LogP contribution in [-0.2, 0) is 16.4 Å². The number of aryl methyl sites for hydroxylation is 2. The van der Waals surface area contributed by atoms with Crippen LogP contribution in [0.5, 0.6) is 0 Å². The van der Waals surface area contributed by atoms with Crippen LogP contribution in [0.25, 0.3) is 0 Å². The van der Waals surface area contributed by atoms with Gasteiger partial charge in [-0.15, -0.1) is 0 Å². The smallest absolute Gasteiger partial charge is 0.240 e. The molecule has 1 aromatic heterocycles.